The van der Waals surface area contributed by atoms with Gasteiger partial charge in [-0.25, -0.2) is 14.6 Å². The summed E-state index contributed by atoms with van der Waals surface area (Å²) >= 11 is 0. The molecule has 0 bridgehead atoms. The number of fused-ring (bicyclic) bond motifs is 1. The summed E-state index contributed by atoms with van der Waals surface area (Å²) < 4.78 is 3.23. The lowest BCUT2D eigenvalue weighted by molar-refractivity contribution is 0.102. The van der Waals surface area contributed by atoms with E-state index in [1.165, 1.54) is 0 Å². The second-order valence-electron chi connectivity index (χ2n) is 6.23. The largest absolute Gasteiger partial charge is 0.319 e. The number of hydrogen-bond donors (Lipinski definition) is 1. The van der Waals surface area contributed by atoms with Crippen molar-refractivity contribution in [2.45, 2.75) is 20.4 Å². The first-order valence-electron chi connectivity index (χ1n) is 8.86. The Morgan fingerprint density at radius 2 is 2.04 bits per heavy atom. The van der Waals surface area contributed by atoms with E-state index in [1.54, 1.807) is 71.2 Å². The van der Waals surface area contributed by atoms with Crippen LogP contribution in [0.15, 0.2) is 59.8 Å². The number of pyridine rings is 1. The number of amides is 1. The molecule has 0 saturated heterocycles. The monoisotopic (exact) mass is 374 g/mol. The van der Waals surface area contributed by atoms with E-state index in [1.807, 2.05) is 6.92 Å². The minimum Gasteiger partial charge on any atom is -0.319 e. The summed E-state index contributed by atoms with van der Waals surface area (Å²) in [5.74, 6) is 0.229. The highest BCUT2D eigenvalue weighted by molar-refractivity contribution is 6.06. The fraction of sp³-hybridized carbons (Fsp3) is 0.150. The minimum absolute atomic E-state index is 0.119. The number of anilines is 1. The van der Waals surface area contributed by atoms with Gasteiger partial charge in [0.1, 0.15) is 5.69 Å². The number of benzene rings is 1. The molecule has 1 aromatic carbocycles. The third-order valence-electron chi connectivity index (χ3n) is 4.44. The summed E-state index contributed by atoms with van der Waals surface area (Å²) in [6.07, 6.45) is 5.04. The molecule has 28 heavy (non-hydrogen) atoms. The quantitative estimate of drug-likeness (QED) is 0.592. The second kappa shape index (κ2) is 7.07. The topological polar surface area (TPSA) is 94.7 Å². The lowest BCUT2D eigenvalue weighted by atomic mass is 10.1. The Labute approximate surface area is 160 Å². The van der Waals surface area contributed by atoms with Gasteiger partial charge in [0.15, 0.2) is 5.82 Å². The minimum atomic E-state index is -0.294. The van der Waals surface area contributed by atoms with Crippen LogP contribution in [0.5, 0.6) is 0 Å². The molecule has 3 heterocycles. The molecular weight excluding hydrogens is 356 g/mol. The second-order valence-corrected chi connectivity index (χ2v) is 6.23. The first-order valence-corrected chi connectivity index (χ1v) is 8.86. The van der Waals surface area contributed by atoms with Gasteiger partial charge in [-0.3, -0.25) is 9.59 Å². The molecule has 0 unspecified atom stereocenters. The van der Waals surface area contributed by atoms with Crippen LogP contribution >= 0.6 is 0 Å². The number of hydrogen-bond acceptors (Lipinski definition) is 5. The summed E-state index contributed by atoms with van der Waals surface area (Å²) in [7, 11) is 0. The Hall–Kier alpha value is -3.81. The number of rotatable bonds is 4. The average molecular weight is 374 g/mol. The van der Waals surface area contributed by atoms with Gasteiger partial charge in [0.25, 0.3) is 11.5 Å². The van der Waals surface area contributed by atoms with E-state index < -0.39 is 0 Å². The van der Waals surface area contributed by atoms with Gasteiger partial charge in [-0.1, -0.05) is 0 Å². The van der Waals surface area contributed by atoms with Crippen LogP contribution in [0.3, 0.4) is 0 Å². The number of aryl methyl sites for hydroxylation is 2. The molecule has 0 fully saturated rings. The van der Waals surface area contributed by atoms with Crippen molar-refractivity contribution in [2.24, 2.45) is 0 Å². The third kappa shape index (κ3) is 3.05. The van der Waals surface area contributed by atoms with Crippen molar-refractivity contribution in [2.75, 3.05) is 5.32 Å². The fourth-order valence-electron chi connectivity index (χ4n) is 3.10. The highest BCUT2D eigenvalue weighted by Crippen LogP contribution is 2.19. The predicted octanol–water partition coefficient (Wildman–Crippen LogP) is 2.56. The smallest absolute Gasteiger partial charge is 0.272 e. The van der Waals surface area contributed by atoms with Crippen molar-refractivity contribution in [1.82, 2.24) is 24.3 Å². The molecule has 0 atom stereocenters. The molecule has 1 N–H and O–H groups in total. The van der Waals surface area contributed by atoms with Gasteiger partial charge < -0.3 is 9.88 Å². The fourth-order valence-corrected chi connectivity index (χ4v) is 3.10. The lowest BCUT2D eigenvalue weighted by Gasteiger charge is -2.12. The molecule has 1 amide bonds. The van der Waals surface area contributed by atoms with Crippen molar-refractivity contribution < 1.29 is 4.79 Å². The van der Waals surface area contributed by atoms with Crippen LogP contribution in [0.4, 0.5) is 5.69 Å². The maximum absolute atomic E-state index is 12.8. The van der Waals surface area contributed by atoms with Gasteiger partial charge >= 0.3 is 0 Å². The van der Waals surface area contributed by atoms with Crippen molar-refractivity contribution in [3.8, 4) is 5.82 Å². The maximum Gasteiger partial charge on any atom is 0.272 e. The Bertz CT molecular complexity index is 1230. The summed E-state index contributed by atoms with van der Waals surface area (Å²) in [6.45, 7) is 4.11. The molecule has 3 aromatic heterocycles. The summed E-state index contributed by atoms with van der Waals surface area (Å²) in [4.78, 5) is 33.7. The number of aromatic nitrogens is 5. The van der Waals surface area contributed by atoms with Crippen LogP contribution in [0.2, 0.25) is 0 Å². The van der Waals surface area contributed by atoms with E-state index in [9.17, 15) is 9.59 Å². The van der Waals surface area contributed by atoms with Crippen molar-refractivity contribution in [3.05, 3.63) is 76.6 Å². The zero-order valence-corrected chi connectivity index (χ0v) is 15.5. The molecule has 0 aliphatic heterocycles. The van der Waals surface area contributed by atoms with Crippen LogP contribution in [-0.2, 0) is 6.54 Å². The highest BCUT2D eigenvalue weighted by Gasteiger charge is 2.14. The zero-order valence-electron chi connectivity index (χ0n) is 15.5. The zero-order chi connectivity index (χ0) is 19.7. The van der Waals surface area contributed by atoms with E-state index in [0.717, 1.165) is 0 Å². The Balaban J connectivity index is 1.71. The van der Waals surface area contributed by atoms with Crippen LogP contribution in [0, 0.1) is 6.92 Å². The van der Waals surface area contributed by atoms with Gasteiger partial charge in [-0.15, -0.1) is 0 Å². The van der Waals surface area contributed by atoms with Crippen molar-refractivity contribution in [1.29, 1.82) is 0 Å². The molecule has 0 aliphatic carbocycles. The molecule has 8 nitrogen and oxygen atoms in total. The molecule has 4 rings (SSSR count). The number of carbonyl (C=O) groups excluding carboxylic acids is 1. The Kier molecular flexibility index (Phi) is 4.44. The lowest BCUT2D eigenvalue weighted by Crippen LogP contribution is -2.23. The average Bonchev–Trinajstić information content (AvgIpc) is 3.23. The number of nitrogens with zero attached hydrogens (tertiary/aromatic N) is 5. The molecule has 0 saturated carbocycles. The van der Waals surface area contributed by atoms with E-state index >= 15 is 0 Å². The normalized spacial score (nSPS) is 10.9. The summed E-state index contributed by atoms with van der Waals surface area (Å²) in [6, 6.07) is 10.4. The number of carbonyl (C=O) groups is 1. The first kappa shape index (κ1) is 17.6. The van der Waals surface area contributed by atoms with Crippen LogP contribution in [0.25, 0.3) is 16.9 Å². The molecule has 8 heteroatoms. The van der Waals surface area contributed by atoms with Gasteiger partial charge in [-0.05, 0) is 50.2 Å². The van der Waals surface area contributed by atoms with E-state index in [2.05, 4.69) is 20.4 Å². The standard InChI is InChI=1S/C20H18N6O2/c1-3-25-17-8-7-14(12-16(17)23-13(2)20(25)28)19(27)24-15-6-4-9-21-18(15)26-11-5-10-22-26/h4-12H,3H2,1-2H3,(H,24,27). The predicted molar refractivity (Wildman–Crippen MR) is 106 cm³/mol. The van der Waals surface area contributed by atoms with Crippen LogP contribution < -0.4 is 10.9 Å². The van der Waals surface area contributed by atoms with Gasteiger partial charge in [0.05, 0.1) is 16.7 Å². The van der Waals surface area contributed by atoms with Crippen molar-refractivity contribution >= 4 is 22.6 Å². The van der Waals surface area contributed by atoms with E-state index in [0.29, 0.717) is 40.3 Å². The van der Waals surface area contributed by atoms with Crippen molar-refractivity contribution in [3.63, 3.8) is 0 Å². The van der Waals surface area contributed by atoms with Gasteiger partial charge in [0.2, 0.25) is 0 Å². The molecule has 140 valence electrons. The highest BCUT2D eigenvalue weighted by atomic mass is 16.1. The van der Waals surface area contributed by atoms with Gasteiger partial charge in [0, 0.05) is 30.7 Å². The molecule has 0 aliphatic rings. The Morgan fingerprint density at radius 1 is 1.18 bits per heavy atom. The molecular formula is C20H18N6O2. The van der Waals surface area contributed by atoms with Crippen LogP contribution in [-0.4, -0.2) is 30.2 Å². The molecule has 0 radical (unpaired) electrons. The molecule has 4 aromatic rings. The summed E-state index contributed by atoms with van der Waals surface area (Å²) in [5, 5.41) is 7.04. The maximum atomic E-state index is 12.8. The SMILES string of the molecule is CCn1c(=O)c(C)nc2cc(C(=O)Nc3cccnc3-n3cccn3)ccc21. The van der Waals surface area contributed by atoms with Gasteiger partial charge in [-0.2, -0.15) is 5.10 Å². The first-order chi connectivity index (χ1) is 13.6. The van der Waals surface area contributed by atoms with E-state index in [4.69, 9.17) is 0 Å². The van der Waals surface area contributed by atoms with E-state index in [-0.39, 0.29) is 11.5 Å². The van der Waals surface area contributed by atoms with Crippen LogP contribution in [0.1, 0.15) is 23.0 Å². The number of nitrogens with one attached hydrogen (secondary N) is 1. The summed E-state index contributed by atoms with van der Waals surface area (Å²) in [5.41, 5.74) is 2.57. The Morgan fingerprint density at radius 3 is 2.79 bits per heavy atom. The third-order valence-corrected chi connectivity index (χ3v) is 4.44. The molecule has 0 spiro atoms.